The van der Waals surface area contributed by atoms with E-state index in [1.807, 2.05) is 4.72 Å². The number of halogens is 3. The number of amides is 1. The molecule has 2 saturated heterocycles. The third-order valence-corrected chi connectivity index (χ3v) is 9.48. The number of anilines is 2. The molecule has 0 spiro atoms. The third-order valence-electron chi connectivity index (χ3n) is 7.99. The molecule has 16 heteroatoms. The largest absolute Gasteiger partial charge is 0.390 e. The van der Waals surface area contributed by atoms with Crippen LogP contribution >= 0.6 is 0 Å². The minimum absolute atomic E-state index is 0.00772. The lowest BCUT2D eigenvalue weighted by Crippen LogP contribution is -2.46. The van der Waals surface area contributed by atoms with Crippen molar-refractivity contribution >= 4 is 38.8 Å². The van der Waals surface area contributed by atoms with Gasteiger partial charge in [0.05, 0.1) is 22.4 Å². The molecular formula is C27H32F3N7O5S. The van der Waals surface area contributed by atoms with Crippen LogP contribution in [0, 0.1) is 11.6 Å². The topological polar surface area (TPSA) is 150 Å². The van der Waals surface area contributed by atoms with E-state index in [1.54, 1.807) is 4.90 Å². The first-order chi connectivity index (χ1) is 20.3. The molecule has 3 aromatic rings. The van der Waals surface area contributed by atoms with Crippen LogP contribution in [0.5, 0.6) is 0 Å². The third kappa shape index (κ3) is 6.31. The molecule has 0 aliphatic carbocycles. The van der Waals surface area contributed by atoms with Crippen molar-refractivity contribution in [1.82, 2.24) is 23.7 Å². The Morgan fingerprint density at radius 1 is 1.21 bits per heavy atom. The van der Waals surface area contributed by atoms with Gasteiger partial charge < -0.3 is 15.3 Å². The van der Waals surface area contributed by atoms with E-state index in [4.69, 9.17) is 0 Å². The molecular weight excluding hydrogens is 591 g/mol. The minimum atomic E-state index is -4.32. The van der Waals surface area contributed by atoms with Gasteiger partial charge in [0.1, 0.15) is 17.6 Å². The van der Waals surface area contributed by atoms with Gasteiger partial charge in [-0.2, -0.15) is 17.7 Å². The predicted octanol–water partition coefficient (Wildman–Crippen LogP) is 2.15. The van der Waals surface area contributed by atoms with Crippen molar-refractivity contribution in [2.24, 2.45) is 7.05 Å². The number of carbonyl (C=O) groups excluding carboxylic acids is 1. The maximum absolute atomic E-state index is 15.6. The first-order valence-electron chi connectivity index (χ1n) is 13.8. The number of rotatable bonds is 8. The van der Waals surface area contributed by atoms with E-state index in [2.05, 4.69) is 15.3 Å². The lowest BCUT2D eigenvalue weighted by molar-refractivity contribution is -0.133. The molecule has 4 heterocycles. The molecule has 2 aliphatic rings. The predicted molar refractivity (Wildman–Crippen MR) is 153 cm³/mol. The Labute approximate surface area is 245 Å². The molecule has 43 heavy (non-hydrogen) atoms. The number of alkyl halides is 1. The van der Waals surface area contributed by atoms with Gasteiger partial charge in [0.2, 0.25) is 11.9 Å². The molecule has 0 radical (unpaired) electrons. The van der Waals surface area contributed by atoms with Crippen molar-refractivity contribution < 1.29 is 31.5 Å². The number of aromatic nitrogens is 3. The van der Waals surface area contributed by atoms with Crippen molar-refractivity contribution in [1.29, 1.82) is 0 Å². The second-order valence-corrected chi connectivity index (χ2v) is 12.6. The molecule has 1 amide bonds. The number of hydrogen-bond donors (Lipinski definition) is 3. The van der Waals surface area contributed by atoms with E-state index in [-0.39, 0.29) is 48.0 Å². The van der Waals surface area contributed by atoms with Crippen LogP contribution in [0.4, 0.5) is 24.8 Å². The lowest BCUT2D eigenvalue weighted by Gasteiger charge is -2.37. The zero-order valence-electron chi connectivity index (χ0n) is 23.6. The van der Waals surface area contributed by atoms with Crippen LogP contribution in [-0.4, -0.2) is 87.7 Å². The molecule has 5 rings (SSSR count). The highest BCUT2D eigenvalue weighted by atomic mass is 32.2. The molecule has 0 bridgehead atoms. The molecule has 12 nitrogen and oxygen atoms in total. The van der Waals surface area contributed by atoms with Crippen LogP contribution in [0.1, 0.15) is 32.6 Å². The summed E-state index contributed by atoms with van der Waals surface area (Å²) in [5.74, 6) is -2.25. The summed E-state index contributed by atoms with van der Waals surface area (Å²) in [7, 11) is -2.95. The highest BCUT2D eigenvalue weighted by molar-refractivity contribution is 7.90. The van der Waals surface area contributed by atoms with Gasteiger partial charge >= 0.3 is 10.2 Å². The number of likely N-dealkylation sites (tertiary alicyclic amines) is 1. The Bertz CT molecular complexity index is 1730. The maximum Gasteiger partial charge on any atom is 0.301 e. The molecule has 0 saturated carbocycles. The van der Waals surface area contributed by atoms with E-state index in [1.165, 1.54) is 26.2 Å². The number of nitrogens with zero attached hydrogens (tertiary/aromatic N) is 5. The Balaban J connectivity index is 1.36. The summed E-state index contributed by atoms with van der Waals surface area (Å²) in [5.41, 5.74) is -3.27. The summed E-state index contributed by atoms with van der Waals surface area (Å²) < 4.78 is 73.4. The lowest BCUT2D eigenvalue weighted by atomic mass is 9.88. The second-order valence-electron chi connectivity index (χ2n) is 10.9. The Morgan fingerprint density at radius 3 is 2.58 bits per heavy atom. The minimum Gasteiger partial charge on any atom is -0.390 e. The van der Waals surface area contributed by atoms with Crippen molar-refractivity contribution in [3.8, 4) is 11.1 Å². The van der Waals surface area contributed by atoms with Gasteiger partial charge in [-0.3, -0.25) is 18.9 Å². The SMILES string of the molecule is CC(=O)N1CCC(O)(CCNc2ncc3cc(-c4c(F)ccc(NS(=O)(=O)N5CC[C@@H](F)C5)c4F)c(=O)n(C)c3n2)CC1. The number of pyridine rings is 1. The van der Waals surface area contributed by atoms with Crippen LogP contribution in [-0.2, 0) is 22.1 Å². The summed E-state index contributed by atoms with van der Waals surface area (Å²) in [6.45, 7) is 2.28. The van der Waals surface area contributed by atoms with Crippen molar-refractivity contribution in [2.75, 3.05) is 42.8 Å². The fourth-order valence-corrected chi connectivity index (χ4v) is 6.66. The smallest absolute Gasteiger partial charge is 0.301 e. The molecule has 3 N–H and O–H groups in total. The van der Waals surface area contributed by atoms with Crippen molar-refractivity contribution in [3.05, 3.63) is 46.4 Å². The van der Waals surface area contributed by atoms with Gasteiger partial charge in [-0.15, -0.1) is 0 Å². The van der Waals surface area contributed by atoms with Crippen LogP contribution in [0.3, 0.4) is 0 Å². The van der Waals surface area contributed by atoms with Gasteiger partial charge in [-0.05, 0) is 43.9 Å². The van der Waals surface area contributed by atoms with Crippen LogP contribution in [0.2, 0.25) is 0 Å². The van der Waals surface area contributed by atoms with E-state index in [0.717, 1.165) is 21.0 Å². The van der Waals surface area contributed by atoms with Crippen molar-refractivity contribution in [2.45, 2.75) is 44.4 Å². The van der Waals surface area contributed by atoms with Crippen LogP contribution in [0.25, 0.3) is 22.2 Å². The number of aryl methyl sites for hydroxylation is 1. The van der Waals surface area contributed by atoms with Crippen molar-refractivity contribution in [3.63, 3.8) is 0 Å². The normalized spacial score (nSPS) is 19.1. The number of benzene rings is 1. The monoisotopic (exact) mass is 623 g/mol. The van der Waals surface area contributed by atoms with Gasteiger partial charge in [-0.1, -0.05) is 0 Å². The quantitative estimate of drug-likeness (QED) is 0.346. The van der Waals surface area contributed by atoms with Crippen LogP contribution < -0.4 is 15.6 Å². The zero-order valence-corrected chi connectivity index (χ0v) is 24.4. The molecule has 0 unspecified atom stereocenters. The van der Waals surface area contributed by atoms with Gasteiger partial charge in [0.25, 0.3) is 5.56 Å². The highest BCUT2D eigenvalue weighted by Crippen LogP contribution is 2.32. The second kappa shape index (κ2) is 11.7. The first kappa shape index (κ1) is 30.7. The fourth-order valence-electron chi connectivity index (χ4n) is 5.39. The standard InChI is InChI=1S/C27H32F3N7O5S/c1-16(38)36-11-7-27(40,8-12-36)6-9-31-26-32-14-17-13-19(25(39)35(2)24(17)33-26)22-20(29)3-4-21(23(22)30)34-43(41,42)37-10-5-18(28)15-37/h3-4,13-14,18,34,40H,5-12,15H2,1-2H3,(H,31,32,33)/t18-/m1/s1. The van der Waals surface area contributed by atoms with E-state index < -0.39 is 50.4 Å². The number of carbonyl (C=O) groups is 1. The van der Waals surface area contributed by atoms with E-state index in [0.29, 0.717) is 38.9 Å². The summed E-state index contributed by atoms with van der Waals surface area (Å²) >= 11 is 0. The van der Waals surface area contributed by atoms with Crippen LogP contribution in [0.15, 0.2) is 29.2 Å². The number of fused-ring (bicyclic) bond motifs is 1. The first-order valence-corrected chi connectivity index (χ1v) is 15.2. The summed E-state index contributed by atoms with van der Waals surface area (Å²) in [6.07, 6.45) is 1.30. The molecule has 2 aliphatic heterocycles. The number of piperidine rings is 1. The number of aliphatic hydroxyl groups is 1. The summed E-state index contributed by atoms with van der Waals surface area (Å²) in [5, 5.41) is 14.2. The highest BCUT2D eigenvalue weighted by Gasteiger charge is 2.34. The van der Waals surface area contributed by atoms with Gasteiger partial charge in [0.15, 0.2) is 5.82 Å². The molecule has 232 valence electrons. The maximum atomic E-state index is 15.6. The summed E-state index contributed by atoms with van der Waals surface area (Å²) in [4.78, 5) is 35.1. The van der Waals surface area contributed by atoms with Gasteiger partial charge in [-0.25, -0.2) is 18.2 Å². The Kier molecular flexibility index (Phi) is 8.37. The van der Waals surface area contributed by atoms with E-state index in [9.17, 15) is 31.9 Å². The zero-order chi connectivity index (χ0) is 31.1. The fraction of sp³-hybridized carbons (Fsp3) is 0.481. The van der Waals surface area contributed by atoms with Gasteiger partial charge in [0, 0.05) is 58.3 Å². The average molecular weight is 624 g/mol. The molecule has 1 aromatic carbocycles. The molecule has 2 fully saturated rings. The Hall–Kier alpha value is -3.76. The van der Waals surface area contributed by atoms with E-state index >= 15 is 4.39 Å². The summed E-state index contributed by atoms with van der Waals surface area (Å²) in [6, 6.07) is 2.95. The Morgan fingerprint density at radius 2 is 1.93 bits per heavy atom. The molecule has 2 aromatic heterocycles. The number of nitrogens with one attached hydrogen (secondary N) is 2. The average Bonchev–Trinajstić information content (AvgIpc) is 3.41. The number of hydrogen-bond acceptors (Lipinski definition) is 8. The molecule has 1 atom stereocenters.